The Morgan fingerprint density at radius 2 is 2.04 bits per heavy atom. The van der Waals surface area contributed by atoms with Gasteiger partial charge in [0.05, 0.1) is 11.4 Å². The highest BCUT2D eigenvalue weighted by molar-refractivity contribution is 6.07. The first kappa shape index (κ1) is 18.4. The van der Waals surface area contributed by atoms with E-state index in [0.29, 0.717) is 18.8 Å². The lowest BCUT2D eigenvalue weighted by Crippen LogP contribution is -2.58. The number of hydrogen-bond donors (Lipinski definition) is 3. The van der Waals surface area contributed by atoms with Gasteiger partial charge in [0.15, 0.2) is 0 Å². The molecule has 1 spiro atoms. The molecule has 1 aliphatic heterocycles. The molecule has 5 N–H and O–H groups in total. The Kier molecular flexibility index (Phi) is 5.61. The second-order valence-corrected chi connectivity index (χ2v) is 6.75. The number of ether oxygens (including phenoxy) is 1. The van der Waals surface area contributed by atoms with E-state index in [-0.39, 0.29) is 17.7 Å². The maximum atomic E-state index is 14.1. The molecule has 0 saturated heterocycles. The van der Waals surface area contributed by atoms with Gasteiger partial charge in [0.2, 0.25) is 11.9 Å². The highest BCUT2D eigenvalue weighted by Crippen LogP contribution is 2.42. The highest BCUT2D eigenvalue weighted by atomic mass is 19.1. The third-order valence-corrected chi connectivity index (χ3v) is 4.89. The fraction of sp³-hybridized carbons (Fsp3) is 0.556. The minimum atomic E-state index is -0.592. The number of nitrogens with zero attached hydrogens (tertiary/aromatic N) is 3. The molecule has 7 nitrogen and oxygen atoms in total. The van der Waals surface area contributed by atoms with Crippen LogP contribution in [0.15, 0.2) is 28.2 Å². The zero-order valence-electron chi connectivity index (χ0n) is 15.2. The summed E-state index contributed by atoms with van der Waals surface area (Å²) in [6.45, 7) is 1.36. The number of methoxy groups -OCH3 is 1. The predicted octanol–water partition coefficient (Wildman–Crippen LogP) is 2.38. The van der Waals surface area contributed by atoms with E-state index in [0.717, 1.165) is 44.2 Å². The van der Waals surface area contributed by atoms with Crippen molar-refractivity contribution in [3.63, 3.8) is 0 Å². The topological polar surface area (TPSA) is 101 Å². The number of nitrogens with two attached hydrogens (primary N) is 2. The molecule has 2 aliphatic rings. The first-order valence-electron chi connectivity index (χ1n) is 9.08. The Balaban J connectivity index is 1.97. The highest BCUT2D eigenvalue weighted by Gasteiger charge is 2.43. The summed E-state index contributed by atoms with van der Waals surface area (Å²) in [6.07, 6.45) is 5.65. The van der Waals surface area contributed by atoms with E-state index in [1.165, 1.54) is 12.1 Å². The molecule has 1 heterocycles. The van der Waals surface area contributed by atoms with Crippen molar-refractivity contribution in [3.8, 4) is 0 Å². The van der Waals surface area contributed by atoms with Crippen molar-refractivity contribution in [2.24, 2.45) is 21.5 Å². The van der Waals surface area contributed by atoms with Crippen LogP contribution < -0.4 is 21.7 Å². The summed E-state index contributed by atoms with van der Waals surface area (Å²) < 4.78 is 19.2. The number of aliphatic imine (C=N–C) groups is 2. The van der Waals surface area contributed by atoms with Gasteiger partial charge in [-0.15, -0.1) is 0 Å². The van der Waals surface area contributed by atoms with Crippen LogP contribution >= 0.6 is 0 Å². The molecule has 8 heteroatoms. The van der Waals surface area contributed by atoms with Crippen LogP contribution in [0.3, 0.4) is 0 Å². The lowest BCUT2D eigenvalue weighted by Gasteiger charge is -2.46. The zero-order valence-corrected chi connectivity index (χ0v) is 15.2. The van der Waals surface area contributed by atoms with Crippen LogP contribution in [0.25, 0.3) is 0 Å². The lowest BCUT2D eigenvalue weighted by atomic mass is 9.87. The fourth-order valence-corrected chi connectivity index (χ4v) is 3.75. The maximum absolute atomic E-state index is 14.1. The molecule has 1 aromatic rings. The van der Waals surface area contributed by atoms with Crippen LogP contribution in [0.4, 0.5) is 15.8 Å². The molecule has 26 heavy (non-hydrogen) atoms. The van der Waals surface area contributed by atoms with Gasteiger partial charge in [-0.2, -0.15) is 4.99 Å². The predicted molar refractivity (Wildman–Crippen MR) is 103 cm³/mol. The Morgan fingerprint density at radius 3 is 2.77 bits per heavy atom. The van der Waals surface area contributed by atoms with Crippen LogP contribution in [-0.2, 0) is 4.74 Å². The minimum absolute atomic E-state index is 0.187. The molecule has 0 atom stereocenters. The number of guanidine groups is 2. The number of benzene rings is 1. The van der Waals surface area contributed by atoms with Crippen molar-refractivity contribution < 1.29 is 9.13 Å². The zero-order chi connectivity index (χ0) is 18.6. The fourth-order valence-electron chi connectivity index (χ4n) is 3.75. The summed E-state index contributed by atoms with van der Waals surface area (Å²) in [5.74, 6) is 0.111. The second kappa shape index (κ2) is 7.90. The van der Waals surface area contributed by atoms with Gasteiger partial charge in [0, 0.05) is 20.3 Å². The van der Waals surface area contributed by atoms with E-state index in [4.69, 9.17) is 16.2 Å². The molecule has 1 aliphatic carbocycles. The van der Waals surface area contributed by atoms with Crippen LogP contribution in [0.1, 0.15) is 38.5 Å². The number of nitrogens with one attached hydrogen (secondary N) is 1. The Hall–Kier alpha value is -2.35. The van der Waals surface area contributed by atoms with Crippen LogP contribution in [0, 0.1) is 5.82 Å². The SMILES string of the molecule is COCCCNc1ccc(F)cc1N1C(N)=NC(N)=NC12CCCCC2. The third kappa shape index (κ3) is 3.75. The third-order valence-electron chi connectivity index (χ3n) is 4.89. The smallest absolute Gasteiger partial charge is 0.220 e. The lowest BCUT2D eigenvalue weighted by molar-refractivity contribution is 0.198. The molecular weight excluding hydrogens is 335 g/mol. The van der Waals surface area contributed by atoms with Crippen LogP contribution in [0.2, 0.25) is 0 Å². The number of halogens is 1. The standard InChI is InChI=1S/C18H27FN6O/c1-26-11-5-10-22-14-7-6-13(19)12-15(14)25-17(21)23-16(20)24-18(25)8-3-2-4-9-18/h6-7,12,22H,2-5,8-11H2,1H3,(H4,20,21,23,24). The first-order valence-corrected chi connectivity index (χ1v) is 9.08. The summed E-state index contributed by atoms with van der Waals surface area (Å²) in [6, 6.07) is 4.64. The summed E-state index contributed by atoms with van der Waals surface area (Å²) >= 11 is 0. The van der Waals surface area contributed by atoms with E-state index < -0.39 is 5.66 Å². The van der Waals surface area contributed by atoms with Gasteiger partial charge in [0.1, 0.15) is 11.5 Å². The van der Waals surface area contributed by atoms with Gasteiger partial charge in [-0.25, -0.2) is 9.38 Å². The molecule has 0 unspecified atom stereocenters. The average Bonchev–Trinajstić information content (AvgIpc) is 2.60. The summed E-state index contributed by atoms with van der Waals surface area (Å²) in [4.78, 5) is 10.6. The van der Waals surface area contributed by atoms with Crippen LogP contribution in [-0.4, -0.2) is 37.8 Å². The van der Waals surface area contributed by atoms with Crippen molar-refractivity contribution >= 4 is 23.3 Å². The summed E-state index contributed by atoms with van der Waals surface area (Å²) in [5, 5.41) is 3.35. The molecular formula is C18H27FN6O. The molecule has 0 bridgehead atoms. The van der Waals surface area contributed by atoms with Gasteiger partial charge in [0.25, 0.3) is 0 Å². The Morgan fingerprint density at radius 1 is 1.27 bits per heavy atom. The summed E-state index contributed by atoms with van der Waals surface area (Å²) in [7, 11) is 1.67. The largest absolute Gasteiger partial charge is 0.385 e. The molecule has 0 aromatic heterocycles. The first-order chi connectivity index (χ1) is 12.6. The quantitative estimate of drug-likeness (QED) is 0.675. The molecule has 1 fully saturated rings. The van der Waals surface area contributed by atoms with E-state index in [1.54, 1.807) is 13.2 Å². The number of hydrogen-bond acceptors (Lipinski definition) is 7. The van der Waals surface area contributed by atoms with Crippen molar-refractivity contribution in [2.45, 2.75) is 44.2 Å². The van der Waals surface area contributed by atoms with Gasteiger partial charge in [-0.1, -0.05) is 6.42 Å². The molecule has 0 amide bonds. The van der Waals surface area contributed by atoms with E-state index in [2.05, 4.69) is 15.3 Å². The summed E-state index contributed by atoms with van der Waals surface area (Å²) in [5.41, 5.74) is 13.0. The molecule has 3 rings (SSSR count). The molecule has 1 aromatic carbocycles. The normalized spacial score (nSPS) is 19.2. The van der Waals surface area contributed by atoms with Crippen molar-refractivity contribution in [3.05, 3.63) is 24.0 Å². The number of rotatable bonds is 6. The Bertz CT molecular complexity index is 699. The van der Waals surface area contributed by atoms with Gasteiger partial charge in [-0.3, -0.25) is 4.90 Å². The maximum Gasteiger partial charge on any atom is 0.220 e. The average molecular weight is 362 g/mol. The van der Waals surface area contributed by atoms with E-state index in [1.807, 2.05) is 4.90 Å². The van der Waals surface area contributed by atoms with Crippen molar-refractivity contribution in [1.29, 1.82) is 0 Å². The molecule has 142 valence electrons. The van der Waals surface area contributed by atoms with Gasteiger partial charge >= 0.3 is 0 Å². The number of anilines is 2. The molecule has 0 radical (unpaired) electrons. The van der Waals surface area contributed by atoms with Crippen LogP contribution in [0.5, 0.6) is 0 Å². The second-order valence-electron chi connectivity index (χ2n) is 6.75. The monoisotopic (exact) mass is 362 g/mol. The van der Waals surface area contributed by atoms with E-state index in [9.17, 15) is 4.39 Å². The van der Waals surface area contributed by atoms with Gasteiger partial charge < -0.3 is 21.5 Å². The van der Waals surface area contributed by atoms with Crippen molar-refractivity contribution in [2.75, 3.05) is 30.5 Å². The molecule has 1 saturated carbocycles. The Labute approximate surface area is 153 Å². The minimum Gasteiger partial charge on any atom is -0.385 e. The van der Waals surface area contributed by atoms with Crippen molar-refractivity contribution in [1.82, 2.24) is 0 Å². The van der Waals surface area contributed by atoms with Gasteiger partial charge in [-0.05, 0) is 50.3 Å². The van der Waals surface area contributed by atoms with E-state index >= 15 is 0 Å².